The van der Waals surface area contributed by atoms with Gasteiger partial charge in [-0.2, -0.15) is 0 Å². The van der Waals surface area contributed by atoms with Crippen molar-refractivity contribution in [3.05, 3.63) is 107 Å². The van der Waals surface area contributed by atoms with Gasteiger partial charge in [-0.05, 0) is 41.5 Å². The van der Waals surface area contributed by atoms with Gasteiger partial charge in [0.05, 0.1) is 4.90 Å². The van der Waals surface area contributed by atoms with E-state index in [4.69, 9.17) is 11.6 Å². The van der Waals surface area contributed by atoms with Gasteiger partial charge < -0.3 is 5.32 Å². The Morgan fingerprint density at radius 3 is 2.59 bits per heavy atom. The van der Waals surface area contributed by atoms with E-state index >= 15 is 0 Å². The van der Waals surface area contributed by atoms with Crippen LogP contribution in [0.3, 0.4) is 0 Å². The van der Waals surface area contributed by atoms with Crippen LogP contribution in [-0.4, -0.2) is 19.9 Å². The van der Waals surface area contributed by atoms with Crippen LogP contribution < -0.4 is 10.0 Å². The Labute approximate surface area is 192 Å². The van der Waals surface area contributed by atoms with Crippen molar-refractivity contribution in [2.24, 2.45) is 0 Å². The molecule has 0 aliphatic heterocycles. The minimum Gasteiger partial charge on any atom is -0.381 e. The van der Waals surface area contributed by atoms with Crippen LogP contribution in [-0.2, 0) is 16.6 Å². The lowest BCUT2D eigenvalue weighted by Crippen LogP contribution is -2.24. The van der Waals surface area contributed by atoms with E-state index in [9.17, 15) is 8.42 Å². The summed E-state index contributed by atoms with van der Waals surface area (Å²) in [6, 6.07) is 22.1. The fraction of sp³-hybridized carbons (Fsp3) is 0.0800. The Bertz CT molecular complexity index is 1350. The van der Waals surface area contributed by atoms with Crippen LogP contribution in [0.1, 0.15) is 11.1 Å². The second-order valence-electron chi connectivity index (χ2n) is 7.17. The topological polar surface area (TPSA) is 71.1 Å². The SMILES string of the molecule is O=S(=O)(NCc1ccccc1NC/C=C/c1ccc(Cl)cc1)c1cccc2cnccc12. The molecular weight excluding hydrogens is 442 g/mol. The molecule has 3 aromatic carbocycles. The van der Waals surface area contributed by atoms with Crippen LogP contribution >= 0.6 is 11.6 Å². The fourth-order valence-corrected chi connectivity index (χ4v) is 4.72. The van der Waals surface area contributed by atoms with Gasteiger partial charge in [-0.25, -0.2) is 13.1 Å². The van der Waals surface area contributed by atoms with Gasteiger partial charge in [0.15, 0.2) is 0 Å². The number of fused-ring (bicyclic) bond motifs is 1. The van der Waals surface area contributed by atoms with E-state index in [0.29, 0.717) is 17.0 Å². The first-order valence-electron chi connectivity index (χ1n) is 10.1. The number of nitrogens with zero attached hydrogens (tertiary/aromatic N) is 1. The minimum atomic E-state index is -3.70. The number of aromatic nitrogens is 1. The van der Waals surface area contributed by atoms with E-state index in [1.165, 1.54) is 0 Å². The molecule has 0 atom stereocenters. The fourth-order valence-electron chi connectivity index (χ4n) is 3.36. The van der Waals surface area contributed by atoms with Crippen molar-refractivity contribution >= 4 is 44.2 Å². The van der Waals surface area contributed by atoms with Gasteiger partial charge in [-0.3, -0.25) is 4.98 Å². The second-order valence-corrected chi connectivity index (χ2v) is 9.34. The molecule has 5 nitrogen and oxygen atoms in total. The van der Waals surface area contributed by atoms with E-state index in [-0.39, 0.29) is 11.4 Å². The number of sulfonamides is 1. The quantitative estimate of drug-likeness (QED) is 0.362. The van der Waals surface area contributed by atoms with Crippen molar-refractivity contribution in [3.8, 4) is 0 Å². The molecule has 0 fully saturated rings. The normalized spacial score (nSPS) is 11.8. The third-order valence-corrected chi connectivity index (χ3v) is 6.70. The van der Waals surface area contributed by atoms with Crippen LogP contribution in [0.2, 0.25) is 5.02 Å². The number of hydrogen-bond acceptors (Lipinski definition) is 4. The highest BCUT2D eigenvalue weighted by Gasteiger charge is 2.17. The molecule has 1 heterocycles. The van der Waals surface area contributed by atoms with Crippen LogP contribution in [0.25, 0.3) is 16.8 Å². The van der Waals surface area contributed by atoms with Crippen molar-refractivity contribution in [1.29, 1.82) is 0 Å². The van der Waals surface area contributed by atoms with Gasteiger partial charge in [-0.1, -0.05) is 66.2 Å². The number of anilines is 1. The number of pyridine rings is 1. The molecule has 4 rings (SSSR count). The number of nitrogens with one attached hydrogen (secondary N) is 2. The third kappa shape index (κ3) is 5.34. The molecule has 0 saturated heterocycles. The average molecular weight is 464 g/mol. The first-order valence-corrected chi connectivity index (χ1v) is 12.0. The summed E-state index contributed by atoms with van der Waals surface area (Å²) >= 11 is 5.91. The van der Waals surface area contributed by atoms with Crippen molar-refractivity contribution < 1.29 is 8.42 Å². The predicted octanol–water partition coefficient (Wildman–Crippen LogP) is 5.49. The monoisotopic (exact) mass is 463 g/mol. The summed E-state index contributed by atoms with van der Waals surface area (Å²) < 4.78 is 28.7. The lowest BCUT2D eigenvalue weighted by molar-refractivity contribution is 0.582. The summed E-state index contributed by atoms with van der Waals surface area (Å²) in [4.78, 5) is 4.31. The van der Waals surface area contributed by atoms with E-state index in [1.54, 1.807) is 30.6 Å². The Hall–Kier alpha value is -3.19. The van der Waals surface area contributed by atoms with Gasteiger partial charge in [0.2, 0.25) is 10.0 Å². The van der Waals surface area contributed by atoms with E-state index < -0.39 is 10.0 Å². The molecular formula is C25H22ClN3O2S. The second kappa shape index (κ2) is 9.96. The molecule has 0 amide bonds. The highest BCUT2D eigenvalue weighted by atomic mass is 35.5. The van der Waals surface area contributed by atoms with Crippen LogP contribution in [0.5, 0.6) is 0 Å². The molecule has 0 aliphatic rings. The largest absolute Gasteiger partial charge is 0.381 e. The zero-order valence-corrected chi connectivity index (χ0v) is 18.8. The Morgan fingerprint density at radius 1 is 0.938 bits per heavy atom. The highest BCUT2D eigenvalue weighted by Crippen LogP contribution is 2.23. The maximum Gasteiger partial charge on any atom is 0.241 e. The molecule has 2 N–H and O–H groups in total. The van der Waals surface area contributed by atoms with Crippen molar-refractivity contribution in [2.75, 3.05) is 11.9 Å². The van der Waals surface area contributed by atoms with Crippen LogP contribution in [0, 0.1) is 0 Å². The van der Waals surface area contributed by atoms with Crippen LogP contribution in [0.15, 0.2) is 96.2 Å². The molecule has 7 heteroatoms. The van der Waals surface area contributed by atoms with Crippen molar-refractivity contribution in [1.82, 2.24) is 9.71 Å². The predicted molar refractivity (Wildman–Crippen MR) is 131 cm³/mol. The number of para-hydroxylation sites is 1. The summed E-state index contributed by atoms with van der Waals surface area (Å²) in [5.41, 5.74) is 2.79. The van der Waals surface area contributed by atoms with Crippen molar-refractivity contribution in [2.45, 2.75) is 11.4 Å². The van der Waals surface area contributed by atoms with E-state index in [0.717, 1.165) is 22.2 Å². The van der Waals surface area contributed by atoms with Crippen LogP contribution in [0.4, 0.5) is 5.69 Å². The Kier molecular flexibility index (Phi) is 6.85. The van der Waals surface area contributed by atoms with Crippen molar-refractivity contribution in [3.63, 3.8) is 0 Å². The summed E-state index contributed by atoms with van der Waals surface area (Å²) in [6.45, 7) is 0.774. The molecule has 0 spiro atoms. The first kappa shape index (κ1) is 22.0. The van der Waals surface area contributed by atoms with Gasteiger partial charge >= 0.3 is 0 Å². The van der Waals surface area contributed by atoms with Gasteiger partial charge in [0.25, 0.3) is 0 Å². The number of benzene rings is 3. The Balaban J connectivity index is 1.44. The first-order chi connectivity index (χ1) is 15.5. The maximum atomic E-state index is 13.0. The molecule has 0 bridgehead atoms. The van der Waals surface area contributed by atoms with Gasteiger partial charge in [0.1, 0.15) is 0 Å². The molecule has 32 heavy (non-hydrogen) atoms. The summed E-state index contributed by atoms with van der Waals surface area (Å²) in [5.74, 6) is 0. The molecule has 0 unspecified atom stereocenters. The highest BCUT2D eigenvalue weighted by molar-refractivity contribution is 7.89. The zero-order chi connectivity index (χ0) is 22.4. The lowest BCUT2D eigenvalue weighted by Gasteiger charge is -2.13. The van der Waals surface area contributed by atoms with Gasteiger partial charge in [-0.15, -0.1) is 0 Å². The number of rotatable bonds is 8. The summed E-state index contributed by atoms with van der Waals surface area (Å²) in [5, 5.41) is 5.48. The van der Waals surface area contributed by atoms with E-state index in [1.807, 2.05) is 66.7 Å². The minimum absolute atomic E-state index is 0.174. The standard InChI is InChI=1S/C25H22ClN3O2S/c26-22-12-10-19(11-13-22)5-4-15-28-24-8-2-1-6-21(24)18-29-32(30,31)25-9-3-7-20-17-27-16-14-23(20)25/h1-14,16-17,28-29H,15,18H2/b5-4+. The number of halogens is 1. The zero-order valence-electron chi connectivity index (χ0n) is 17.2. The Morgan fingerprint density at radius 2 is 1.75 bits per heavy atom. The number of hydrogen-bond donors (Lipinski definition) is 2. The molecule has 0 aliphatic carbocycles. The smallest absolute Gasteiger partial charge is 0.241 e. The molecule has 162 valence electrons. The van der Waals surface area contributed by atoms with Gasteiger partial charge in [0, 0.05) is 47.0 Å². The molecule has 4 aromatic rings. The average Bonchev–Trinajstić information content (AvgIpc) is 2.82. The third-order valence-electron chi connectivity index (χ3n) is 4.99. The lowest BCUT2D eigenvalue weighted by atomic mass is 10.1. The molecule has 0 saturated carbocycles. The van der Waals surface area contributed by atoms with E-state index in [2.05, 4.69) is 15.0 Å². The summed E-state index contributed by atoms with van der Waals surface area (Å²) in [6.07, 6.45) is 7.27. The molecule has 0 radical (unpaired) electrons. The molecule has 1 aromatic heterocycles. The maximum absolute atomic E-state index is 13.0. The summed E-state index contributed by atoms with van der Waals surface area (Å²) in [7, 11) is -3.70.